The normalized spacial score (nSPS) is 12.2. The smallest absolute Gasteiger partial charge is 0.313 e. The summed E-state index contributed by atoms with van der Waals surface area (Å²) >= 11 is 0. The van der Waals surface area contributed by atoms with E-state index in [9.17, 15) is 4.79 Å². The van der Waals surface area contributed by atoms with Crippen LogP contribution >= 0.6 is 0 Å². The summed E-state index contributed by atoms with van der Waals surface area (Å²) in [5.41, 5.74) is 0. The maximum absolute atomic E-state index is 10.4. The van der Waals surface area contributed by atoms with Crippen molar-refractivity contribution in [3.63, 3.8) is 0 Å². The van der Waals surface area contributed by atoms with Crippen LogP contribution in [-0.2, 0) is 9.53 Å². The summed E-state index contributed by atoms with van der Waals surface area (Å²) in [7, 11) is 1.31. The van der Waals surface area contributed by atoms with Gasteiger partial charge in [0.1, 0.15) is 0 Å². The molecule has 3 nitrogen and oxygen atoms in total. The molecule has 1 unspecified atom stereocenters. The second-order valence-corrected chi connectivity index (χ2v) is 1.48. The van der Waals surface area contributed by atoms with Crippen molar-refractivity contribution in [1.82, 2.24) is 0 Å². The predicted octanol–water partition coefficient (Wildman–Crippen LogP) is 0.445. The van der Waals surface area contributed by atoms with E-state index in [1.54, 1.807) is 6.92 Å². The Hall–Kier alpha value is -0.860. The Morgan fingerprint density at radius 2 is 2.38 bits per heavy atom. The molecule has 0 amide bonds. The Balaban J connectivity index is 3.62. The van der Waals surface area contributed by atoms with Crippen LogP contribution in [0, 0.1) is 11.3 Å². The highest BCUT2D eigenvalue weighted by atomic mass is 16.5. The van der Waals surface area contributed by atoms with Crippen molar-refractivity contribution in [2.45, 2.75) is 6.92 Å². The molecule has 0 bridgehead atoms. The van der Waals surface area contributed by atoms with Gasteiger partial charge >= 0.3 is 5.97 Å². The summed E-state index contributed by atoms with van der Waals surface area (Å²) in [5.74, 6) is -0.764. The van der Waals surface area contributed by atoms with Crippen LogP contribution in [-0.4, -0.2) is 19.3 Å². The monoisotopic (exact) mass is 115 g/mol. The predicted molar refractivity (Wildman–Crippen MR) is 30.0 cm³/mol. The molecule has 0 rings (SSSR count). The summed E-state index contributed by atoms with van der Waals surface area (Å²) in [6, 6.07) is 0. The molecule has 0 saturated heterocycles. The van der Waals surface area contributed by atoms with Crippen LogP contribution in [0.2, 0.25) is 0 Å². The van der Waals surface area contributed by atoms with Crippen LogP contribution < -0.4 is 0 Å². The van der Waals surface area contributed by atoms with Gasteiger partial charge in [0.2, 0.25) is 0 Å². The van der Waals surface area contributed by atoms with Crippen molar-refractivity contribution >= 4 is 12.2 Å². The first kappa shape index (κ1) is 7.14. The van der Waals surface area contributed by atoms with E-state index < -0.39 is 5.92 Å². The lowest BCUT2D eigenvalue weighted by atomic mass is 10.2. The van der Waals surface area contributed by atoms with Gasteiger partial charge in [0, 0.05) is 6.21 Å². The molecule has 0 heterocycles. The highest BCUT2D eigenvalue weighted by molar-refractivity contribution is 5.87. The number of nitrogens with one attached hydrogen (secondary N) is 1. The number of methoxy groups -OCH3 is 1. The zero-order valence-electron chi connectivity index (χ0n) is 4.97. The summed E-state index contributed by atoms with van der Waals surface area (Å²) < 4.78 is 4.31. The molecule has 3 heteroatoms. The minimum absolute atomic E-state index is 0.361. The van der Waals surface area contributed by atoms with Crippen molar-refractivity contribution in [3.8, 4) is 0 Å². The first-order valence-corrected chi connectivity index (χ1v) is 2.30. The molecule has 1 N–H and O–H groups in total. The van der Waals surface area contributed by atoms with Crippen molar-refractivity contribution in [2.24, 2.45) is 5.92 Å². The molecule has 0 fully saturated rings. The van der Waals surface area contributed by atoms with E-state index in [-0.39, 0.29) is 5.97 Å². The van der Waals surface area contributed by atoms with Crippen LogP contribution in [0.5, 0.6) is 0 Å². The Labute approximate surface area is 48.2 Å². The number of carbonyl (C=O) groups excluding carboxylic acids is 1. The Morgan fingerprint density at radius 3 is 2.50 bits per heavy atom. The first-order chi connectivity index (χ1) is 3.72. The van der Waals surface area contributed by atoms with Gasteiger partial charge in [-0.2, -0.15) is 0 Å². The standard InChI is InChI=1S/C5H9NO2/c1-4(3-6)5(7)8-2/h3-4,6H,1-2H3. The van der Waals surface area contributed by atoms with Crippen LogP contribution in [0.4, 0.5) is 0 Å². The molecular formula is C5H9NO2. The lowest BCUT2D eigenvalue weighted by Crippen LogP contribution is -2.12. The second-order valence-electron chi connectivity index (χ2n) is 1.48. The van der Waals surface area contributed by atoms with E-state index >= 15 is 0 Å². The van der Waals surface area contributed by atoms with Crippen LogP contribution in [0.1, 0.15) is 6.92 Å². The zero-order chi connectivity index (χ0) is 6.57. The molecule has 0 radical (unpaired) electrons. The molecule has 0 aromatic carbocycles. The molecule has 0 aliphatic carbocycles. The third-order valence-corrected chi connectivity index (χ3v) is 0.823. The summed E-state index contributed by atoms with van der Waals surface area (Å²) in [4.78, 5) is 10.4. The van der Waals surface area contributed by atoms with Gasteiger partial charge in [-0.3, -0.25) is 4.79 Å². The summed E-state index contributed by atoms with van der Waals surface area (Å²) in [5, 5.41) is 6.62. The van der Waals surface area contributed by atoms with Gasteiger partial charge in [-0.05, 0) is 6.92 Å². The highest BCUT2D eigenvalue weighted by Gasteiger charge is 2.07. The first-order valence-electron chi connectivity index (χ1n) is 2.30. The molecule has 46 valence electrons. The molecule has 0 aliphatic heterocycles. The molecule has 1 atom stereocenters. The fourth-order valence-electron chi connectivity index (χ4n) is 0.254. The van der Waals surface area contributed by atoms with Crippen molar-refractivity contribution in [1.29, 1.82) is 5.41 Å². The van der Waals surface area contributed by atoms with Crippen LogP contribution in [0.25, 0.3) is 0 Å². The lowest BCUT2D eigenvalue weighted by molar-refractivity contribution is -0.142. The van der Waals surface area contributed by atoms with Gasteiger partial charge in [0.15, 0.2) is 0 Å². The molecule has 0 aliphatic rings. The van der Waals surface area contributed by atoms with Crippen molar-refractivity contribution < 1.29 is 9.53 Å². The number of hydrogen-bond donors (Lipinski definition) is 1. The fraction of sp³-hybridized carbons (Fsp3) is 0.600. The SMILES string of the molecule is COC(=O)C(C)C=N. The van der Waals surface area contributed by atoms with E-state index in [0.717, 1.165) is 6.21 Å². The van der Waals surface area contributed by atoms with Gasteiger partial charge in [0.05, 0.1) is 13.0 Å². The topological polar surface area (TPSA) is 50.2 Å². The Kier molecular flexibility index (Phi) is 2.84. The third kappa shape index (κ3) is 1.73. The molecule has 0 aromatic heterocycles. The average molecular weight is 115 g/mol. The van der Waals surface area contributed by atoms with Crippen LogP contribution in [0.15, 0.2) is 0 Å². The number of carbonyl (C=O) groups is 1. The largest absolute Gasteiger partial charge is 0.469 e. The van der Waals surface area contributed by atoms with E-state index in [1.165, 1.54) is 7.11 Å². The maximum atomic E-state index is 10.4. The fourth-order valence-corrected chi connectivity index (χ4v) is 0.254. The van der Waals surface area contributed by atoms with Crippen molar-refractivity contribution in [3.05, 3.63) is 0 Å². The van der Waals surface area contributed by atoms with Gasteiger partial charge in [-0.1, -0.05) is 0 Å². The van der Waals surface area contributed by atoms with Gasteiger partial charge in [0.25, 0.3) is 0 Å². The number of esters is 1. The minimum atomic E-state index is -0.403. The number of ether oxygens (including phenoxy) is 1. The quantitative estimate of drug-likeness (QED) is 0.419. The number of hydrogen-bond acceptors (Lipinski definition) is 3. The summed E-state index contributed by atoms with van der Waals surface area (Å²) in [6.45, 7) is 1.61. The van der Waals surface area contributed by atoms with E-state index in [2.05, 4.69) is 4.74 Å². The van der Waals surface area contributed by atoms with Crippen LogP contribution in [0.3, 0.4) is 0 Å². The molecule has 0 spiro atoms. The molecule has 0 aromatic rings. The third-order valence-electron chi connectivity index (χ3n) is 0.823. The second kappa shape index (κ2) is 3.18. The van der Waals surface area contributed by atoms with E-state index in [1.807, 2.05) is 0 Å². The summed E-state index contributed by atoms with van der Waals surface area (Å²) in [6.07, 6.45) is 1.05. The molecule has 8 heavy (non-hydrogen) atoms. The van der Waals surface area contributed by atoms with Gasteiger partial charge in [-0.25, -0.2) is 0 Å². The van der Waals surface area contributed by atoms with E-state index in [0.29, 0.717) is 0 Å². The van der Waals surface area contributed by atoms with Gasteiger partial charge in [-0.15, -0.1) is 0 Å². The van der Waals surface area contributed by atoms with E-state index in [4.69, 9.17) is 5.41 Å². The Bertz CT molecular complexity index is 101. The zero-order valence-corrected chi connectivity index (χ0v) is 4.97. The molecule has 0 saturated carbocycles. The average Bonchev–Trinajstić information content (AvgIpc) is 1.84. The maximum Gasteiger partial charge on any atom is 0.313 e. The van der Waals surface area contributed by atoms with Crippen molar-refractivity contribution in [2.75, 3.05) is 7.11 Å². The molecular weight excluding hydrogens is 106 g/mol. The lowest BCUT2D eigenvalue weighted by Gasteiger charge is -1.98. The number of rotatable bonds is 2. The minimum Gasteiger partial charge on any atom is -0.469 e. The Morgan fingerprint density at radius 1 is 1.88 bits per heavy atom. The van der Waals surface area contributed by atoms with Gasteiger partial charge < -0.3 is 10.1 Å². The highest BCUT2D eigenvalue weighted by Crippen LogP contribution is 1.90.